The number of H-pyrrole nitrogens is 1. The minimum Gasteiger partial charge on any atom is -0.276 e. The van der Waals surface area contributed by atoms with E-state index < -0.39 is 0 Å². The fourth-order valence-corrected chi connectivity index (χ4v) is 3.13. The van der Waals surface area contributed by atoms with Gasteiger partial charge in [0, 0.05) is 23.6 Å². The number of rotatable bonds is 4. The highest BCUT2D eigenvalue weighted by Crippen LogP contribution is 2.30. The van der Waals surface area contributed by atoms with Crippen LogP contribution in [0.25, 0.3) is 22.2 Å². The van der Waals surface area contributed by atoms with Crippen molar-refractivity contribution >= 4 is 22.2 Å². The molecule has 0 aliphatic rings. The number of fused-ring (bicyclic) bond motifs is 2. The number of aromatic amines is 1. The normalized spacial score (nSPS) is 12.5. The minimum absolute atomic E-state index is 0.247. The Balaban J connectivity index is 1.70. The van der Waals surface area contributed by atoms with Gasteiger partial charge in [0.15, 0.2) is 0 Å². The zero-order chi connectivity index (χ0) is 17.6. The molecule has 128 valence electrons. The summed E-state index contributed by atoms with van der Waals surface area (Å²) in [6, 6.07) is 6.20. The van der Waals surface area contributed by atoms with Crippen molar-refractivity contribution < 1.29 is 0 Å². The summed E-state index contributed by atoms with van der Waals surface area (Å²) in [6.45, 7) is 8.42. The highest BCUT2D eigenvalue weighted by atomic mass is 15.4. The summed E-state index contributed by atoms with van der Waals surface area (Å²) < 4.78 is 1.88. The smallest absolute Gasteiger partial charge is 0.202 e. The summed E-state index contributed by atoms with van der Waals surface area (Å²) in [5, 5.41) is 24.1. The summed E-state index contributed by atoms with van der Waals surface area (Å²) >= 11 is 0. The predicted molar refractivity (Wildman–Crippen MR) is 94.1 cm³/mol. The van der Waals surface area contributed by atoms with E-state index in [4.69, 9.17) is 0 Å². The SMILES string of the molecule is CC(C)n1nnc2nc(CC(C)(C)c3n[nH]c4ccnnc34)ccc21. The first-order valence-corrected chi connectivity index (χ1v) is 8.33. The van der Waals surface area contributed by atoms with Crippen LogP contribution in [0, 0.1) is 0 Å². The molecule has 0 radical (unpaired) electrons. The zero-order valence-corrected chi connectivity index (χ0v) is 14.7. The number of aromatic nitrogens is 8. The molecule has 0 aromatic carbocycles. The first-order valence-electron chi connectivity index (χ1n) is 8.33. The van der Waals surface area contributed by atoms with Gasteiger partial charge in [-0.2, -0.15) is 10.2 Å². The highest BCUT2D eigenvalue weighted by molar-refractivity contribution is 5.77. The van der Waals surface area contributed by atoms with Gasteiger partial charge in [0.2, 0.25) is 5.65 Å². The predicted octanol–water partition coefficient (Wildman–Crippen LogP) is 2.59. The Hall–Kier alpha value is -2.90. The number of pyridine rings is 1. The van der Waals surface area contributed by atoms with Crippen molar-refractivity contribution in [2.75, 3.05) is 0 Å². The number of nitrogens with one attached hydrogen (secondary N) is 1. The van der Waals surface area contributed by atoms with E-state index in [2.05, 4.69) is 63.4 Å². The molecule has 0 aliphatic heterocycles. The Morgan fingerprint density at radius 3 is 2.80 bits per heavy atom. The molecule has 4 aromatic rings. The van der Waals surface area contributed by atoms with Crippen LogP contribution in [0.4, 0.5) is 0 Å². The summed E-state index contributed by atoms with van der Waals surface area (Å²) in [5.74, 6) is 0. The quantitative estimate of drug-likeness (QED) is 0.615. The Bertz CT molecular complexity index is 1040. The maximum absolute atomic E-state index is 4.68. The molecular weight excluding hydrogens is 316 g/mol. The molecule has 25 heavy (non-hydrogen) atoms. The average Bonchev–Trinajstić information content (AvgIpc) is 3.18. The molecule has 0 amide bonds. The molecule has 4 rings (SSSR count). The van der Waals surface area contributed by atoms with Gasteiger partial charge in [-0.25, -0.2) is 9.67 Å². The van der Waals surface area contributed by atoms with Crippen LogP contribution in [0.5, 0.6) is 0 Å². The summed E-state index contributed by atoms with van der Waals surface area (Å²) in [4.78, 5) is 4.68. The standard InChI is InChI=1S/C17H20N8/c1-10(2)25-13-6-5-11(19-16(13)23-24-25)9-17(3,4)15-14-12(20-22-15)7-8-18-21-14/h5-8,10H,9H2,1-4H3,(H,20,22). The molecule has 0 unspecified atom stereocenters. The van der Waals surface area contributed by atoms with E-state index in [0.29, 0.717) is 12.1 Å². The Kier molecular flexibility index (Phi) is 3.48. The first-order chi connectivity index (χ1) is 12.0. The summed E-state index contributed by atoms with van der Waals surface area (Å²) in [6.07, 6.45) is 2.37. The molecule has 0 bridgehead atoms. The molecule has 0 aliphatic carbocycles. The first kappa shape index (κ1) is 15.6. The van der Waals surface area contributed by atoms with Gasteiger partial charge >= 0.3 is 0 Å². The van der Waals surface area contributed by atoms with Gasteiger partial charge in [-0.1, -0.05) is 19.1 Å². The molecule has 0 saturated heterocycles. The lowest BCUT2D eigenvalue weighted by Gasteiger charge is -2.21. The maximum Gasteiger partial charge on any atom is 0.202 e. The van der Waals surface area contributed by atoms with Crippen molar-refractivity contribution in [3.8, 4) is 0 Å². The fraction of sp³-hybridized carbons (Fsp3) is 0.412. The maximum atomic E-state index is 4.68. The highest BCUT2D eigenvalue weighted by Gasteiger charge is 2.28. The van der Waals surface area contributed by atoms with Gasteiger partial charge in [0.1, 0.15) is 11.0 Å². The molecule has 0 fully saturated rings. The van der Waals surface area contributed by atoms with Gasteiger partial charge in [-0.05, 0) is 32.0 Å². The third kappa shape index (κ3) is 2.63. The van der Waals surface area contributed by atoms with Gasteiger partial charge in [-0.3, -0.25) is 5.10 Å². The van der Waals surface area contributed by atoms with Crippen molar-refractivity contribution in [2.45, 2.75) is 45.6 Å². The average molecular weight is 336 g/mol. The van der Waals surface area contributed by atoms with Crippen molar-refractivity contribution in [3.63, 3.8) is 0 Å². The van der Waals surface area contributed by atoms with E-state index in [1.807, 2.05) is 22.9 Å². The van der Waals surface area contributed by atoms with Crippen molar-refractivity contribution in [1.82, 2.24) is 40.4 Å². The minimum atomic E-state index is -0.247. The largest absolute Gasteiger partial charge is 0.276 e. The number of nitrogens with zero attached hydrogens (tertiary/aromatic N) is 7. The van der Waals surface area contributed by atoms with Crippen molar-refractivity contribution in [3.05, 3.63) is 35.8 Å². The van der Waals surface area contributed by atoms with E-state index in [0.717, 1.165) is 27.9 Å². The second-order valence-corrected chi connectivity index (χ2v) is 7.20. The van der Waals surface area contributed by atoms with Crippen LogP contribution in [0.15, 0.2) is 24.4 Å². The summed E-state index contributed by atoms with van der Waals surface area (Å²) in [5.41, 5.74) is 4.92. The second kappa shape index (κ2) is 5.58. The topological polar surface area (TPSA) is 98.1 Å². The molecule has 0 spiro atoms. The monoisotopic (exact) mass is 336 g/mol. The van der Waals surface area contributed by atoms with Crippen molar-refractivity contribution in [2.24, 2.45) is 0 Å². The molecular formula is C17H20N8. The molecule has 0 saturated carbocycles. The van der Waals surface area contributed by atoms with Crippen LogP contribution in [-0.4, -0.2) is 40.4 Å². The second-order valence-electron chi connectivity index (χ2n) is 7.20. The summed E-state index contributed by atoms with van der Waals surface area (Å²) in [7, 11) is 0. The molecule has 1 N–H and O–H groups in total. The van der Waals surface area contributed by atoms with Gasteiger partial charge in [0.05, 0.1) is 17.4 Å². The van der Waals surface area contributed by atoms with Gasteiger partial charge in [-0.15, -0.1) is 10.2 Å². The molecule has 4 aromatic heterocycles. The lowest BCUT2D eigenvalue weighted by molar-refractivity contribution is 0.501. The lowest BCUT2D eigenvalue weighted by atomic mass is 9.83. The van der Waals surface area contributed by atoms with Crippen LogP contribution in [0.3, 0.4) is 0 Å². The Labute approximate surface area is 144 Å². The Morgan fingerprint density at radius 2 is 2.00 bits per heavy atom. The fourth-order valence-electron chi connectivity index (χ4n) is 3.13. The Morgan fingerprint density at radius 1 is 1.16 bits per heavy atom. The van der Waals surface area contributed by atoms with E-state index in [1.54, 1.807) is 6.20 Å². The molecule has 8 nitrogen and oxygen atoms in total. The van der Waals surface area contributed by atoms with Crippen LogP contribution in [0.2, 0.25) is 0 Å². The van der Waals surface area contributed by atoms with E-state index in [1.165, 1.54) is 0 Å². The van der Waals surface area contributed by atoms with Gasteiger partial charge in [0.25, 0.3) is 0 Å². The van der Waals surface area contributed by atoms with Crippen LogP contribution in [0.1, 0.15) is 45.1 Å². The molecule has 4 heterocycles. The van der Waals surface area contributed by atoms with E-state index >= 15 is 0 Å². The van der Waals surface area contributed by atoms with Crippen LogP contribution < -0.4 is 0 Å². The van der Waals surface area contributed by atoms with Crippen molar-refractivity contribution in [1.29, 1.82) is 0 Å². The lowest BCUT2D eigenvalue weighted by Crippen LogP contribution is -2.22. The van der Waals surface area contributed by atoms with E-state index in [-0.39, 0.29) is 11.5 Å². The third-order valence-electron chi connectivity index (χ3n) is 4.38. The number of hydrogen-bond acceptors (Lipinski definition) is 6. The third-order valence-corrected chi connectivity index (χ3v) is 4.38. The zero-order valence-electron chi connectivity index (χ0n) is 14.7. The van der Waals surface area contributed by atoms with Gasteiger partial charge < -0.3 is 0 Å². The molecule has 8 heteroatoms. The van der Waals surface area contributed by atoms with Crippen LogP contribution in [-0.2, 0) is 11.8 Å². The van der Waals surface area contributed by atoms with Crippen LogP contribution >= 0.6 is 0 Å². The number of hydrogen-bond donors (Lipinski definition) is 1. The molecule has 0 atom stereocenters. The van der Waals surface area contributed by atoms with E-state index in [9.17, 15) is 0 Å².